The zero-order valence-electron chi connectivity index (χ0n) is 25.5. The number of rotatable bonds is 20. The second kappa shape index (κ2) is 18.2. The number of benzene rings is 1. The van der Waals surface area contributed by atoms with Crippen LogP contribution in [0.5, 0.6) is 11.5 Å². The first-order valence-corrected chi connectivity index (χ1v) is 14.4. The summed E-state index contributed by atoms with van der Waals surface area (Å²) in [6, 6.07) is 4.15. The third kappa shape index (κ3) is 12.8. The summed E-state index contributed by atoms with van der Waals surface area (Å²) in [7, 11) is 4.57. The van der Waals surface area contributed by atoms with Crippen molar-refractivity contribution in [1.29, 1.82) is 0 Å². The number of nitrogens with one attached hydrogen (secondary N) is 2. The Hall–Kier alpha value is -3.34. The van der Waals surface area contributed by atoms with E-state index in [1.807, 2.05) is 13.8 Å². The van der Waals surface area contributed by atoms with Crippen LogP contribution in [0.1, 0.15) is 90.5 Å². The van der Waals surface area contributed by atoms with Crippen molar-refractivity contribution in [3.05, 3.63) is 23.8 Å². The second-order valence-electron chi connectivity index (χ2n) is 10.8. The van der Waals surface area contributed by atoms with Crippen molar-refractivity contribution in [2.75, 3.05) is 21.3 Å². The molecule has 0 radical (unpaired) electrons. The molecule has 232 valence electrons. The van der Waals surface area contributed by atoms with Crippen LogP contribution in [0.3, 0.4) is 0 Å². The molecule has 1 unspecified atom stereocenters. The zero-order valence-corrected chi connectivity index (χ0v) is 25.5. The molecule has 0 saturated heterocycles. The molecule has 0 saturated carbocycles. The normalized spacial score (nSPS) is 13.2. The van der Waals surface area contributed by atoms with E-state index in [1.165, 1.54) is 19.1 Å². The molecule has 0 aliphatic heterocycles. The van der Waals surface area contributed by atoms with Crippen LogP contribution in [0, 0.1) is 5.92 Å². The number of unbranched alkanes of at least 4 members (excludes halogenated alkanes) is 5. The Morgan fingerprint density at radius 2 is 1.66 bits per heavy atom. The molecule has 1 aromatic rings. The summed E-state index contributed by atoms with van der Waals surface area (Å²) in [6.07, 6.45) is 5.69. The Morgan fingerprint density at radius 1 is 1.00 bits per heavy atom. The summed E-state index contributed by atoms with van der Waals surface area (Å²) in [5, 5.41) is 25.4. The predicted octanol–water partition coefficient (Wildman–Crippen LogP) is 3.61. The topological polar surface area (TPSA) is 154 Å². The van der Waals surface area contributed by atoms with Gasteiger partial charge in [-0.2, -0.15) is 0 Å². The molecule has 0 aliphatic rings. The molecule has 0 aliphatic carbocycles. The van der Waals surface area contributed by atoms with E-state index in [0.717, 1.165) is 32.1 Å². The van der Waals surface area contributed by atoms with E-state index in [1.54, 1.807) is 25.2 Å². The Labute approximate surface area is 244 Å². The van der Waals surface area contributed by atoms with Gasteiger partial charge >= 0.3 is 5.97 Å². The fraction of sp³-hybridized carbons (Fsp3) is 0.667. The molecular formula is C30H49N3O8. The van der Waals surface area contributed by atoms with Crippen LogP contribution in [0.2, 0.25) is 0 Å². The van der Waals surface area contributed by atoms with Crippen LogP contribution in [0.25, 0.3) is 0 Å². The van der Waals surface area contributed by atoms with Crippen molar-refractivity contribution in [3.63, 3.8) is 0 Å². The number of carboxylic acid groups (broad SMARTS) is 1. The van der Waals surface area contributed by atoms with Gasteiger partial charge in [-0.15, -0.1) is 0 Å². The molecule has 3 amide bonds. The number of methoxy groups -OCH3 is 2. The van der Waals surface area contributed by atoms with Crippen molar-refractivity contribution in [1.82, 2.24) is 15.5 Å². The van der Waals surface area contributed by atoms with Crippen molar-refractivity contribution in [2.24, 2.45) is 5.92 Å². The largest absolute Gasteiger partial charge is 0.497 e. The van der Waals surface area contributed by atoms with Gasteiger partial charge < -0.3 is 35.2 Å². The maximum Gasteiger partial charge on any atom is 0.357 e. The van der Waals surface area contributed by atoms with E-state index in [9.17, 15) is 29.4 Å². The standard InChI is InChI=1S/C30H49N3O8/c1-7-8-9-10-11-12-13-26(34)31-24(18-21(2)3)28(36)32-30(39,29(37)38)17-16-27(35)33(4)20-22-14-15-23(40-5)19-25(22)41-6/h14-15,19,21,24,39H,7-13,16-18,20H2,1-6H3,(H,31,34)(H,32,36)(H,37,38)/t24-,30?/m0/s1. The average molecular weight is 580 g/mol. The minimum Gasteiger partial charge on any atom is -0.497 e. The monoisotopic (exact) mass is 579 g/mol. The minimum absolute atomic E-state index is 0.0168. The molecule has 41 heavy (non-hydrogen) atoms. The van der Waals surface area contributed by atoms with Crippen LogP contribution >= 0.6 is 0 Å². The molecule has 0 fully saturated rings. The first kappa shape index (κ1) is 35.7. The number of hydrogen-bond donors (Lipinski definition) is 4. The second-order valence-corrected chi connectivity index (χ2v) is 10.8. The van der Waals surface area contributed by atoms with Gasteiger partial charge in [-0.1, -0.05) is 52.9 Å². The Morgan fingerprint density at radius 3 is 2.24 bits per heavy atom. The number of carboxylic acids is 1. The molecular weight excluding hydrogens is 530 g/mol. The highest BCUT2D eigenvalue weighted by atomic mass is 16.5. The van der Waals surface area contributed by atoms with Crippen LogP contribution in [0.15, 0.2) is 18.2 Å². The lowest BCUT2D eigenvalue weighted by Gasteiger charge is -2.29. The van der Waals surface area contributed by atoms with Gasteiger partial charge in [-0.05, 0) is 30.9 Å². The highest BCUT2D eigenvalue weighted by Crippen LogP contribution is 2.26. The smallest absolute Gasteiger partial charge is 0.357 e. The van der Waals surface area contributed by atoms with Crippen LogP contribution in [-0.2, 0) is 25.7 Å². The number of nitrogens with zero attached hydrogens (tertiary/aromatic N) is 1. The lowest BCUT2D eigenvalue weighted by molar-refractivity contribution is -0.167. The molecule has 0 bridgehead atoms. The third-order valence-corrected chi connectivity index (χ3v) is 6.83. The fourth-order valence-corrected chi connectivity index (χ4v) is 4.35. The summed E-state index contributed by atoms with van der Waals surface area (Å²) in [5.41, 5.74) is -1.98. The summed E-state index contributed by atoms with van der Waals surface area (Å²) in [5.74, 6) is -2.12. The number of amides is 3. The van der Waals surface area contributed by atoms with E-state index in [0.29, 0.717) is 23.5 Å². The van der Waals surface area contributed by atoms with Gasteiger partial charge in [0.15, 0.2) is 0 Å². The van der Waals surface area contributed by atoms with Gasteiger partial charge in [0.05, 0.1) is 14.2 Å². The SMILES string of the molecule is CCCCCCCCC(=O)N[C@@H](CC(C)C)C(=O)NC(O)(CCC(=O)N(C)Cc1ccc(OC)cc1OC)C(=O)O. The first-order chi connectivity index (χ1) is 19.4. The van der Waals surface area contributed by atoms with Crippen LogP contribution in [0.4, 0.5) is 0 Å². The van der Waals surface area contributed by atoms with Gasteiger partial charge in [-0.25, -0.2) is 4.79 Å². The zero-order chi connectivity index (χ0) is 31.0. The molecule has 2 atom stereocenters. The summed E-state index contributed by atoms with van der Waals surface area (Å²) in [6.45, 7) is 6.05. The molecule has 11 heteroatoms. The predicted molar refractivity (Wildman–Crippen MR) is 155 cm³/mol. The van der Waals surface area contributed by atoms with E-state index in [2.05, 4.69) is 17.6 Å². The number of carbonyl (C=O) groups is 4. The molecule has 11 nitrogen and oxygen atoms in total. The minimum atomic E-state index is -2.69. The molecule has 0 heterocycles. The van der Waals surface area contributed by atoms with E-state index in [4.69, 9.17) is 9.47 Å². The molecule has 0 aromatic heterocycles. The van der Waals surface area contributed by atoms with Crippen LogP contribution < -0.4 is 20.1 Å². The number of aliphatic carboxylic acids is 1. The Balaban J connectivity index is 2.80. The maximum absolute atomic E-state index is 13.1. The third-order valence-electron chi connectivity index (χ3n) is 6.83. The van der Waals surface area contributed by atoms with Crippen molar-refractivity contribution < 1.29 is 38.9 Å². The van der Waals surface area contributed by atoms with Crippen molar-refractivity contribution >= 4 is 23.7 Å². The molecule has 4 N–H and O–H groups in total. The van der Waals surface area contributed by atoms with E-state index >= 15 is 0 Å². The van der Waals surface area contributed by atoms with Crippen molar-refractivity contribution in [2.45, 2.75) is 103 Å². The number of ether oxygens (including phenoxy) is 2. The van der Waals surface area contributed by atoms with Gasteiger partial charge in [0.2, 0.25) is 23.4 Å². The maximum atomic E-state index is 13.1. The lowest BCUT2D eigenvalue weighted by atomic mass is 10.0. The van der Waals surface area contributed by atoms with Gasteiger partial charge in [0.25, 0.3) is 0 Å². The lowest BCUT2D eigenvalue weighted by Crippen LogP contribution is -2.60. The van der Waals surface area contributed by atoms with E-state index in [-0.39, 0.29) is 37.6 Å². The Bertz CT molecular complexity index is 1000. The first-order valence-electron chi connectivity index (χ1n) is 14.4. The summed E-state index contributed by atoms with van der Waals surface area (Å²) >= 11 is 0. The number of aliphatic hydroxyl groups is 1. The molecule has 1 rings (SSSR count). The molecule has 0 spiro atoms. The number of hydrogen-bond acceptors (Lipinski definition) is 7. The highest BCUT2D eigenvalue weighted by molar-refractivity contribution is 5.91. The average Bonchev–Trinajstić information content (AvgIpc) is 2.92. The summed E-state index contributed by atoms with van der Waals surface area (Å²) < 4.78 is 10.5. The highest BCUT2D eigenvalue weighted by Gasteiger charge is 2.40. The summed E-state index contributed by atoms with van der Waals surface area (Å²) in [4.78, 5) is 51.7. The van der Waals surface area contributed by atoms with Crippen molar-refractivity contribution in [3.8, 4) is 11.5 Å². The molecule has 1 aromatic carbocycles. The quantitative estimate of drug-likeness (QED) is 0.135. The number of carbonyl (C=O) groups excluding carboxylic acids is 3. The Kier molecular flexibility index (Phi) is 15.8. The van der Waals surface area contributed by atoms with Crippen LogP contribution in [-0.4, -0.2) is 71.8 Å². The fourth-order valence-electron chi connectivity index (χ4n) is 4.35. The van der Waals surface area contributed by atoms with Gasteiger partial charge in [0.1, 0.15) is 17.5 Å². The van der Waals surface area contributed by atoms with Gasteiger partial charge in [0, 0.05) is 44.5 Å². The van der Waals surface area contributed by atoms with E-state index < -0.39 is 36.0 Å². The van der Waals surface area contributed by atoms with Gasteiger partial charge in [-0.3, -0.25) is 14.4 Å².